The van der Waals surface area contributed by atoms with Crippen molar-refractivity contribution in [1.82, 2.24) is 9.55 Å². The van der Waals surface area contributed by atoms with Gasteiger partial charge in [0, 0.05) is 23.3 Å². The maximum absolute atomic E-state index is 8.49. The van der Waals surface area contributed by atoms with Crippen molar-refractivity contribution in [3.8, 4) is 5.69 Å². The Labute approximate surface area is 131 Å². The van der Waals surface area contributed by atoms with Crippen molar-refractivity contribution in [3.63, 3.8) is 0 Å². The Kier molecular flexibility index (Phi) is 1.61. The molecule has 2 rings (SSSR count). The van der Waals surface area contributed by atoms with Gasteiger partial charge in [-0.1, -0.05) is 45.8 Å². The third-order valence-corrected chi connectivity index (χ3v) is 3.09. The average molecular weight is 317 g/mol. The van der Waals surface area contributed by atoms with E-state index in [1.54, 1.807) is 0 Å². The summed E-state index contributed by atoms with van der Waals surface area (Å²) in [6, 6.07) is 4.09. The van der Waals surface area contributed by atoms with Crippen LogP contribution in [0.3, 0.4) is 0 Å². The lowest BCUT2D eigenvalue weighted by Gasteiger charge is -2.20. The minimum Gasteiger partial charge on any atom is -0.294 e. The van der Waals surface area contributed by atoms with Crippen LogP contribution >= 0.6 is 15.9 Å². The van der Waals surface area contributed by atoms with Gasteiger partial charge in [-0.3, -0.25) is 4.57 Å². The fourth-order valence-corrected chi connectivity index (χ4v) is 2.11. The molecule has 1 aromatic carbocycles. The Bertz CT molecular complexity index is 851. The van der Waals surface area contributed by atoms with Crippen molar-refractivity contribution in [1.29, 1.82) is 0 Å². The predicted octanol–water partition coefficient (Wildman–Crippen LogP) is 4.88. The quantitative estimate of drug-likeness (QED) is 0.789. The van der Waals surface area contributed by atoms with Crippen LogP contribution in [-0.2, 0) is 0 Å². The second-order valence-corrected chi connectivity index (χ2v) is 4.60. The number of hydrogen-bond donors (Lipinski definition) is 0. The van der Waals surface area contributed by atoms with Gasteiger partial charge in [0.15, 0.2) is 4.73 Å². The van der Waals surface area contributed by atoms with Gasteiger partial charge in [0.2, 0.25) is 0 Å². The monoisotopic (exact) mass is 316 g/mol. The molecule has 0 aliphatic carbocycles. The Hall–Kier alpha value is -1.09. The summed E-state index contributed by atoms with van der Waals surface area (Å²) in [4.78, 5) is 3.81. The van der Waals surface area contributed by atoms with Crippen LogP contribution in [-0.4, -0.2) is 9.55 Å². The molecule has 0 amide bonds. The third kappa shape index (κ3) is 2.37. The van der Waals surface area contributed by atoms with Crippen molar-refractivity contribution >= 4 is 15.9 Å². The first-order chi connectivity index (χ1) is 12.4. The molecule has 0 spiro atoms. The van der Waals surface area contributed by atoms with Crippen LogP contribution < -0.4 is 0 Å². The number of para-hydroxylation sites is 1. The lowest BCUT2D eigenvalue weighted by atomic mass is 9.92. The minimum atomic E-state index is -2.78. The molecule has 0 radical (unpaired) electrons. The fraction of sp³-hybridized carbons (Fsp3) is 0.400. The van der Waals surface area contributed by atoms with E-state index in [1.807, 2.05) is 0 Å². The molecular weight excluding hydrogens is 288 g/mol. The molecule has 0 saturated heterocycles. The van der Waals surface area contributed by atoms with E-state index in [0.717, 1.165) is 18.4 Å². The van der Waals surface area contributed by atoms with Crippen LogP contribution in [0.2, 0.25) is 0 Å². The van der Waals surface area contributed by atoms with E-state index in [0.29, 0.717) is 0 Å². The molecule has 0 fully saturated rings. The highest BCUT2D eigenvalue weighted by Gasteiger charge is 2.16. The van der Waals surface area contributed by atoms with Crippen molar-refractivity contribution in [2.45, 2.75) is 39.3 Å². The van der Waals surface area contributed by atoms with E-state index >= 15 is 0 Å². The summed E-state index contributed by atoms with van der Waals surface area (Å²) in [6.07, 6.45) is -0.850. The third-order valence-electron chi connectivity index (χ3n) is 2.56. The van der Waals surface area contributed by atoms with Crippen molar-refractivity contribution in [2.24, 2.45) is 0 Å². The summed E-state index contributed by atoms with van der Waals surface area (Å²) in [6.45, 7) is -3.24. The van der Waals surface area contributed by atoms with Gasteiger partial charge < -0.3 is 0 Å². The molecule has 1 aromatic heterocycles. The number of aromatic nitrogens is 2. The van der Waals surface area contributed by atoms with Gasteiger partial charge in [-0.05, 0) is 38.8 Å². The first-order valence-electron chi connectivity index (χ1n) is 10.3. The normalized spacial score (nSPS) is 27.5. The zero-order valence-corrected chi connectivity index (χ0v) is 11.6. The molecule has 2 nitrogen and oxygen atoms in total. The molecule has 0 saturated carbocycles. The standard InChI is InChI=1S/C15H19BrN2/c1-10(2)12-6-5-7-13(11(3)4)14(12)18-9-8-17-15(18)16/h5-11H,1-4H3/i1D3,3D3,8D,9D,10D,11D. The van der Waals surface area contributed by atoms with Crippen molar-refractivity contribution in [3.05, 3.63) is 46.4 Å². The van der Waals surface area contributed by atoms with Gasteiger partial charge >= 0.3 is 0 Å². The van der Waals surface area contributed by atoms with Crippen LogP contribution in [0, 0.1) is 0 Å². The van der Waals surface area contributed by atoms with E-state index in [4.69, 9.17) is 13.7 Å². The summed E-state index contributed by atoms with van der Waals surface area (Å²) in [7, 11) is 0. The molecule has 96 valence electrons. The number of halogens is 1. The zero-order valence-electron chi connectivity index (χ0n) is 20.0. The Balaban J connectivity index is 3.05. The summed E-state index contributed by atoms with van der Waals surface area (Å²) in [5.41, 5.74) is -0.314. The second-order valence-electron chi connectivity index (χ2n) is 3.89. The Morgan fingerprint density at radius 3 is 2.39 bits per heavy atom. The highest BCUT2D eigenvalue weighted by atomic mass is 79.9. The minimum absolute atomic E-state index is 0.0288. The number of hydrogen-bond acceptors (Lipinski definition) is 1. The van der Waals surface area contributed by atoms with Gasteiger partial charge in [-0.2, -0.15) is 0 Å². The molecular formula is C15H19BrN2. The highest BCUT2D eigenvalue weighted by Crippen LogP contribution is 2.32. The summed E-state index contributed by atoms with van der Waals surface area (Å²) in [5.74, 6) is -4.36. The van der Waals surface area contributed by atoms with Crippen LogP contribution in [0.15, 0.2) is 35.3 Å². The van der Waals surface area contributed by atoms with E-state index in [2.05, 4.69) is 20.9 Å². The molecule has 2 unspecified atom stereocenters. The maximum Gasteiger partial charge on any atom is 0.181 e. The molecule has 0 N–H and O–H groups in total. The van der Waals surface area contributed by atoms with Gasteiger partial charge in [0.25, 0.3) is 0 Å². The van der Waals surface area contributed by atoms with Crippen molar-refractivity contribution < 1.29 is 13.7 Å². The van der Waals surface area contributed by atoms with Crippen LogP contribution in [0.5, 0.6) is 0 Å². The highest BCUT2D eigenvalue weighted by molar-refractivity contribution is 9.10. The molecule has 3 heteroatoms. The topological polar surface area (TPSA) is 17.8 Å². The Morgan fingerprint density at radius 2 is 1.94 bits per heavy atom. The molecule has 0 aliphatic heterocycles. The molecule has 18 heavy (non-hydrogen) atoms. The first-order valence-corrected chi connectivity index (χ1v) is 6.09. The largest absolute Gasteiger partial charge is 0.294 e. The van der Waals surface area contributed by atoms with E-state index in [9.17, 15) is 0 Å². The van der Waals surface area contributed by atoms with E-state index in [-0.39, 0.29) is 21.5 Å². The van der Waals surface area contributed by atoms with Gasteiger partial charge in [-0.25, -0.2) is 4.98 Å². The second kappa shape index (κ2) is 5.27. The Morgan fingerprint density at radius 1 is 1.33 bits per heavy atom. The molecule has 2 atom stereocenters. The molecule has 0 bridgehead atoms. The van der Waals surface area contributed by atoms with Crippen molar-refractivity contribution in [2.75, 3.05) is 0 Å². The molecule has 2 aromatic rings. The molecule has 1 heterocycles. The summed E-state index contributed by atoms with van der Waals surface area (Å²) >= 11 is 3.12. The summed E-state index contributed by atoms with van der Waals surface area (Å²) in [5, 5.41) is 0. The van der Waals surface area contributed by atoms with E-state index in [1.165, 1.54) is 18.2 Å². The fourth-order valence-electron chi connectivity index (χ4n) is 1.76. The van der Waals surface area contributed by atoms with Crippen LogP contribution in [0.4, 0.5) is 0 Å². The first kappa shape index (κ1) is 5.49. The summed E-state index contributed by atoms with van der Waals surface area (Å²) < 4.78 is 80.5. The number of rotatable bonds is 3. The smallest absolute Gasteiger partial charge is 0.181 e. The van der Waals surface area contributed by atoms with Crippen LogP contribution in [0.1, 0.15) is 64.2 Å². The SMILES string of the molecule is [2H]c1nc(Br)n(-c2c(C([2H])(C)C([2H])([2H])[2H])cccc2C([2H])(C)C([2H])([2H])[2H])c1[2H]. The van der Waals surface area contributed by atoms with Gasteiger partial charge in [-0.15, -0.1) is 0 Å². The van der Waals surface area contributed by atoms with Gasteiger partial charge in [0.05, 0.1) is 8.43 Å². The lowest BCUT2D eigenvalue weighted by molar-refractivity contribution is 0.800. The number of nitrogens with zero attached hydrogens (tertiary/aromatic N) is 2. The lowest BCUT2D eigenvalue weighted by Crippen LogP contribution is -2.06. The number of benzene rings is 1. The predicted molar refractivity (Wildman–Crippen MR) is 79.4 cm³/mol. The van der Waals surface area contributed by atoms with Crippen LogP contribution in [0.25, 0.3) is 5.69 Å². The number of imidazole rings is 1. The maximum atomic E-state index is 8.49. The average Bonchev–Trinajstić information content (AvgIpc) is 2.77. The molecule has 0 aliphatic rings. The zero-order chi connectivity index (χ0) is 21.9. The van der Waals surface area contributed by atoms with Gasteiger partial charge in [0.1, 0.15) is 0 Å². The van der Waals surface area contributed by atoms with E-state index < -0.39 is 37.8 Å².